The van der Waals surface area contributed by atoms with Gasteiger partial charge in [0.2, 0.25) is 5.91 Å². The van der Waals surface area contributed by atoms with Crippen LogP contribution in [0.1, 0.15) is 25.0 Å². The monoisotopic (exact) mass is 438 g/mol. The SMILES string of the molecule is CCNC(=O)COc1cccc(NC(=O)CN2C(=O)NC(C)(c3ccc(C)cc3)C2=O)c1. The predicted octanol–water partition coefficient (Wildman–Crippen LogP) is 1.92. The van der Waals surface area contributed by atoms with Crippen molar-refractivity contribution in [1.29, 1.82) is 0 Å². The molecule has 1 aliphatic heterocycles. The smallest absolute Gasteiger partial charge is 0.325 e. The van der Waals surface area contributed by atoms with Crippen molar-refractivity contribution >= 4 is 29.4 Å². The molecule has 0 bridgehead atoms. The Bertz CT molecular complexity index is 1040. The molecular formula is C23H26N4O5. The van der Waals surface area contributed by atoms with Gasteiger partial charge in [0.05, 0.1) is 0 Å². The second kappa shape index (κ2) is 9.51. The van der Waals surface area contributed by atoms with Gasteiger partial charge in [-0.1, -0.05) is 35.9 Å². The summed E-state index contributed by atoms with van der Waals surface area (Å²) in [5.74, 6) is -0.892. The average molecular weight is 438 g/mol. The molecule has 1 saturated heterocycles. The van der Waals surface area contributed by atoms with Gasteiger partial charge in [-0.05, 0) is 38.5 Å². The Balaban J connectivity index is 1.63. The van der Waals surface area contributed by atoms with E-state index in [4.69, 9.17) is 4.74 Å². The van der Waals surface area contributed by atoms with Crippen molar-refractivity contribution in [3.8, 4) is 5.75 Å². The third kappa shape index (κ3) is 5.05. The lowest BCUT2D eigenvalue weighted by Gasteiger charge is -2.22. The largest absolute Gasteiger partial charge is 0.484 e. The number of ether oxygens (including phenoxy) is 1. The van der Waals surface area contributed by atoms with Crippen LogP contribution in [0.25, 0.3) is 0 Å². The van der Waals surface area contributed by atoms with E-state index >= 15 is 0 Å². The number of imide groups is 1. The Morgan fingerprint density at radius 2 is 1.81 bits per heavy atom. The molecule has 1 unspecified atom stereocenters. The summed E-state index contributed by atoms with van der Waals surface area (Å²) >= 11 is 0. The van der Waals surface area contributed by atoms with Gasteiger partial charge in [-0.3, -0.25) is 19.3 Å². The molecule has 2 aromatic rings. The van der Waals surface area contributed by atoms with Crippen LogP contribution in [-0.2, 0) is 19.9 Å². The molecule has 5 amide bonds. The number of urea groups is 1. The maximum atomic E-state index is 13.0. The lowest BCUT2D eigenvalue weighted by atomic mass is 9.91. The summed E-state index contributed by atoms with van der Waals surface area (Å²) in [5, 5.41) is 7.95. The normalized spacial score (nSPS) is 17.7. The summed E-state index contributed by atoms with van der Waals surface area (Å²) in [7, 11) is 0. The third-order valence-electron chi connectivity index (χ3n) is 5.07. The molecule has 9 heteroatoms. The number of nitrogens with one attached hydrogen (secondary N) is 3. The van der Waals surface area contributed by atoms with Gasteiger partial charge in [-0.25, -0.2) is 4.79 Å². The van der Waals surface area contributed by atoms with E-state index in [1.807, 2.05) is 26.0 Å². The number of aryl methyl sites for hydroxylation is 1. The predicted molar refractivity (Wildman–Crippen MR) is 118 cm³/mol. The zero-order valence-electron chi connectivity index (χ0n) is 18.2. The molecule has 1 fully saturated rings. The Labute approximate surface area is 186 Å². The van der Waals surface area contributed by atoms with Crippen LogP contribution >= 0.6 is 0 Å². The van der Waals surface area contributed by atoms with Crippen LogP contribution in [0.15, 0.2) is 48.5 Å². The van der Waals surface area contributed by atoms with Gasteiger partial charge in [-0.2, -0.15) is 0 Å². The topological polar surface area (TPSA) is 117 Å². The van der Waals surface area contributed by atoms with E-state index in [1.165, 1.54) is 0 Å². The van der Waals surface area contributed by atoms with Crippen LogP contribution in [-0.4, -0.2) is 48.3 Å². The van der Waals surface area contributed by atoms with E-state index < -0.39 is 29.9 Å². The lowest BCUT2D eigenvalue weighted by Crippen LogP contribution is -2.42. The number of benzene rings is 2. The fourth-order valence-electron chi connectivity index (χ4n) is 3.33. The molecule has 9 nitrogen and oxygen atoms in total. The van der Waals surface area contributed by atoms with Gasteiger partial charge in [-0.15, -0.1) is 0 Å². The minimum atomic E-state index is -1.24. The van der Waals surface area contributed by atoms with Crippen molar-refractivity contribution in [2.75, 3.05) is 25.0 Å². The van der Waals surface area contributed by atoms with Crippen LogP contribution < -0.4 is 20.7 Å². The highest BCUT2D eigenvalue weighted by molar-refractivity contribution is 6.10. The zero-order chi connectivity index (χ0) is 23.3. The van der Waals surface area contributed by atoms with Gasteiger partial charge in [0.25, 0.3) is 11.8 Å². The van der Waals surface area contributed by atoms with E-state index in [0.29, 0.717) is 23.5 Å². The highest BCUT2D eigenvalue weighted by Gasteiger charge is 2.49. The number of hydrogen-bond donors (Lipinski definition) is 3. The van der Waals surface area contributed by atoms with Crippen LogP contribution in [0.5, 0.6) is 5.75 Å². The number of likely N-dealkylation sites (N-methyl/N-ethyl adjacent to an activating group) is 1. The number of nitrogens with zero attached hydrogens (tertiary/aromatic N) is 1. The Kier molecular flexibility index (Phi) is 6.77. The molecule has 1 aliphatic rings. The summed E-state index contributed by atoms with van der Waals surface area (Å²) in [6, 6.07) is 13.1. The molecule has 0 radical (unpaired) electrons. The van der Waals surface area contributed by atoms with Crippen LogP contribution in [0.2, 0.25) is 0 Å². The molecule has 3 N–H and O–H groups in total. The van der Waals surface area contributed by atoms with Crippen molar-refractivity contribution < 1.29 is 23.9 Å². The first kappa shape index (κ1) is 22.8. The maximum Gasteiger partial charge on any atom is 0.325 e. The third-order valence-corrected chi connectivity index (χ3v) is 5.07. The average Bonchev–Trinajstić information content (AvgIpc) is 2.97. The molecule has 0 spiro atoms. The van der Waals surface area contributed by atoms with Crippen molar-refractivity contribution in [2.45, 2.75) is 26.3 Å². The summed E-state index contributed by atoms with van der Waals surface area (Å²) in [4.78, 5) is 50.4. The second-order valence-electron chi connectivity index (χ2n) is 7.63. The van der Waals surface area contributed by atoms with Gasteiger partial charge >= 0.3 is 6.03 Å². The van der Waals surface area contributed by atoms with E-state index in [2.05, 4.69) is 16.0 Å². The highest BCUT2D eigenvalue weighted by atomic mass is 16.5. The minimum Gasteiger partial charge on any atom is -0.484 e. The van der Waals surface area contributed by atoms with Crippen LogP contribution in [0, 0.1) is 6.92 Å². The number of hydrogen-bond acceptors (Lipinski definition) is 5. The fraction of sp³-hybridized carbons (Fsp3) is 0.304. The number of rotatable bonds is 8. The van der Waals surface area contributed by atoms with Crippen molar-refractivity contribution in [2.24, 2.45) is 0 Å². The van der Waals surface area contributed by atoms with E-state index in [-0.39, 0.29) is 12.5 Å². The maximum absolute atomic E-state index is 13.0. The number of anilines is 1. The molecular weight excluding hydrogens is 412 g/mol. The first-order chi connectivity index (χ1) is 15.2. The molecule has 2 aromatic carbocycles. The van der Waals surface area contributed by atoms with Gasteiger partial charge in [0.15, 0.2) is 6.61 Å². The van der Waals surface area contributed by atoms with E-state index in [1.54, 1.807) is 43.3 Å². The first-order valence-electron chi connectivity index (χ1n) is 10.2. The van der Waals surface area contributed by atoms with Crippen LogP contribution in [0.3, 0.4) is 0 Å². The summed E-state index contributed by atoms with van der Waals surface area (Å²) in [5.41, 5.74) is 0.846. The van der Waals surface area contributed by atoms with E-state index in [0.717, 1.165) is 10.5 Å². The summed E-state index contributed by atoms with van der Waals surface area (Å²) in [6.07, 6.45) is 0. The standard InChI is InChI=1S/C23H26N4O5/c1-4-24-20(29)14-32-18-7-5-6-17(12-18)25-19(28)13-27-21(30)23(3,26-22(27)31)16-10-8-15(2)9-11-16/h5-12H,4,13-14H2,1-3H3,(H,24,29)(H,25,28)(H,26,31). The Morgan fingerprint density at radius 3 is 2.50 bits per heavy atom. The van der Waals surface area contributed by atoms with Crippen molar-refractivity contribution in [1.82, 2.24) is 15.5 Å². The van der Waals surface area contributed by atoms with Gasteiger partial charge in [0, 0.05) is 18.3 Å². The Hall–Kier alpha value is -3.88. The number of amides is 5. The highest BCUT2D eigenvalue weighted by Crippen LogP contribution is 2.29. The molecule has 1 atom stereocenters. The quantitative estimate of drug-likeness (QED) is 0.545. The second-order valence-corrected chi connectivity index (χ2v) is 7.63. The molecule has 168 valence electrons. The van der Waals surface area contributed by atoms with Crippen LogP contribution in [0.4, 0.5) is 10.5 Å². The Morgan fingerprint density at radius 1 is 1.09 bits per heavy atom. The first-order valence-corrected chi connectivity index (χ1v) is 10.2. The summed E-state index contributed by atoms with van der Waals surface area (Å²) in [6.45, 7) is 5.28. The number of carbonyl (C=O) groups excluding carboxylic acids is 4. The number of carbonyl (C=O) groups is 4. The fourth-order valence-corrected chi connectivity index (χ4v) is 3.33. The van der Waals surface area contributed by atoms with Gasteiger partial charge < -0.3 is 20.7 Å². The van der Waals surface area contributed by atoms with Crippen molar-refractivity contribution in [3.63, 3.8) is 0 Å². The molecule has 3 rings (SSSR count). The lowest BCUT2D eigenvalue weighted by molar-refractivity contribution is -0.133. The summed E-state index contributed by atoms with van der Waals surface area (Å²) < 4.78 is 5.40. The minimum absolute atomic E-state index is 0.148. The molecule has 0 aromatic heterocycles. The van der Waals surface area contributed by atoms with Gasteiger partial charge in [0.1, 0.15) is 17.8 Å². The van der Waals surface area contributed by atoms with Crippen molar-refractivity contribution in [3.05, 3.63) is 59.7 Å². The molecule has 32 heavy (non-hydrogen) atoms. The van der Waals surface area contributed by atoms with E-state index in [9.17, 15) is 19.2 Å². The molecule has 0 aliphatic carbocycles. The molecule has 0 saturated carbocycles. The molecule has 1 heterocycles. The zero-order valence-corrected chi connectivity index (χ0v) is 18.2.